The molecule has 2 heterocycles. The summed E-state index contributed by atoms with van der Waals surface area (Å²) in [7, 11) is 0. The number of nitro benzene ring substituents is 1. The van der Waals surface area contributed by atoms with Gasteiger partial charge in [0.2, 0.25) is 0 Å². The van der Waals surface area contributed by atoms with Crippen molar-refractivity contribution >= 4 is 40.7 Å². The van der Waals surface area contributed by atoms with Gasteiger partial charge in [-0.1, -0.05) is 17.7 Å². The van der Waals surface area contributed by atoms with Gasteiger partial charge in [0, 0.05) is 17.7 Å². The zero-order valence-corrected chi connectivity index (χ0v) is 14.1. The number of furan rings is 1. The molecule has 1 N–H and O–H groups in total. The van der Waals surface area contributed by atoms with Gasteiger partial charge in [0.05, 0.1) is 21.0 Å². The quantitative estimate of drug-likeness (QED) is 0.407. The monoisotopic (exact) mass is 375 g/mol. The fraction of sp³-hybridized carbons (Fsp3) is 0. The van der Waals surface area contributed by atoms with Gasteiger partial charge in [0.25, 0.3) is 11.6 Å². The van der Waals surface area contributed by atoms with Crippen LogP contribution in [0.3, 0.4) is 0 Å². The van der Waals surface area contributed by atoms with Crippen molar-refractivity contribution in [3.63, 3.8) is 0 Å². The van der Waals surface area contributed by atoms with Gasteiger partial charge in [-0.25, -0.2) is 5.43 Å². The summed E-state index contributed by atoms with van der Waals surface area (Å²) < 4.78 is 5.57. The lowest BCUT2D eigenvalue weighted by atomic mass is 10.1. The standard InChI is InChI=1S/C16H10ClN3O4S/c17-13-8-10(20(22)23)3-5-12(13)14-6-4-11(24-14)9-18-19-16(21)15-2-1-7-25-15/h1-9H,(H,19,21)/b18-9+. The van der Waals surface area contributed by atoms with Crippen LogP contribution in [0.4, 0.5) is 5.69 Å². The van der Waals surface area contributed by atoms with Crippen LogP contribution in [0, 0.1) is 10.1 Å². The number of rotatable bonds is 5. The number of nitro groups is 1. The van der Waals surface area contributed by atoms with Gasteiger partial charge < -0.3 is 4.42 Å². The van der Waals surface area contributed by atoms with Crippen molar-refractivity contribution in [1.29, 1.82) is 0 Å². The normalized spacial score (nSPS) is 10.9. The highest BCUT2D eigenvalue weighted by molar-refractivity contribution is 7.12. The van der Waals surface area contributed by atoms with Gasteiger partial charge in [0.15, 0.2) is 0 Å². The maximum Gasteiger partial charge on any atom is 0.281 e. The third kappa shape index (κ3) is 3.93. The van der Waals surface area contributed by atoms with E-state index in [2.05, 4.69) is 10.5 Å². The molecular weight excluding hydrogens is 366 g/mol. The molecule has 2 aromatic heterocycles. The summed E-state index contributed by atoms with van der Waals surface area (Å²) >= 11 is 7.38. The lowest BCUT2D eigenvalue weighted by Gasteiger charge is -2.00. The molecule has 0 saturated heterocycles. The zero-order chi connectivity index (χ0) is 17.8. The molecule has 7 nitrogen and oxygen atoms in total. The molecule has 3 aromatic rings. The molecular formula is C16H10ClN3O4S. The highest BCUT2D eigenvalue weighted by Gasteiger charge is 2.13. The number of hydrogen-bond donors (Lipinski definition) is 1. The van der Waals surface area contributed by atoms with Crippen LogP contribution in [0.2, 0.25) is 5.02 Å². The Morgan fingerprint density at radius 1 is 1.32 bits per heavy atom. The number of non-ortho nitro benzene ring substituents is 1. The van der Waals surface area contributed by atoms with Crippen molar-refractivity contribution < 1.29 is 14.1 Å². The Bertz CT molecular complexity index is 950. The van der Waals surface area contributed by atoms with Gasteiger partial charge in [-0.05, 0) is 29.6 Å². The number of carbonyl (C=O) groups is 1. The predicted molar refractivity (Wildman–Crippen MR) is 95.2 cm³/mol. The molecule has 1 aromatic carbocycles. The van der Waals surface area contributed by atoms with E-state index >= 15 is 0 Å². The SMILES string of the molecule is O=C(N/N=C/c1ccc(-c2ccc([N+](=O)[O-])cc2Cl)o1)c1cccs1. The molecule has 0 fully saturated rings. The Kier molecular flexibility index (Phi) is 4.92. The number of amides is 1. The van der Waals surface area contributed by atoms with E-state index in [0.717, 1.165) is 0 Å². The summed E-state index contributed by atoms with van der Waals surface area (Å²) in [6.07, 6.45) is 1.36. The van der Waals surface area contributed by atoms with Gasteiger partial charge in [-0.3, -0.25) is 14.9 Å². The zero-order valence-electron chi connectivity index (χ0n) is 12.5. The number of nitrogens with one attached hydrogen (secondary N) is 1. The van der Waals surface area contributed by atoms with E-state index in [1.807, 2.05) is 0 Å². The molecule has 0 unspecified atom stereocenters. The Hall–Kier alpha value is -2.97. The van der Waals surface area contributed by atoms with Crippen LogP contribution in [0.1, 0.15) is 15.4 Å². The van der Waals surface area contributed by atoms with Crippen LogP contribution < -0.4 is 5.43 Å². The Morgan fingerprint density at radius 2 is 2.16 bits per heavy atom. The highest BCUT2D eigenvalue weighted by atomic mass is 35.5. The minimum atomic E-state index is -0.522. The van der Waals surface area contributed by atoms with Gasteiger partial charge in [0.1, 0.15) is 11.5 Å². The summed E-state index contributed by atoms with van der Waals surface area (Å²) in [4.78, 5) is 22.5. The van der Waals surface area contributed by atoms with Crippen molar-refractivity contribution in [3.8, 4) is 11.3 Å². The first-order valence-corrected chi connectivity index (χ1v) is 8.21. The third-order valence-corrected chi connectivity index (χ3v) is 4.34. The van der Waals surface area contributed by atoms with E-state index < -0.39 is 4.92 Å². The molecule has 0 bridgehead atoms. The second-order valence-electron chi connectivity index (χ2n) is 4.80. The lowest BCUT2D eigenvalue weighted by molar-refractivity contribution is -0.384. The van der Waals surface area contributed by atoms with Crippen LogP contribution in [-0.4, -0.2) is 17.0 Å². The summed E-state index contributed by atoms with van der Waals surface area (Å²) in [6, 6.07) is 10.9. The first kappa shape index (κ1) is 16.9. The molecule has 3 rings (SSSR count). The largest absolute Gasteiger partial charge is 0.455 e. The molecule has 0 aliphatic carbocycles. The Balaban J connectivity index is 1.71. The van der Waals surface area contributed by atoms with E-state index in [1.54, 1.807) is 29.6 Å². The average molecular weight is 376 g/mol. The molecule has 0 radical (unpaired) electrons. The second-order valence-corrected chi connectivity index (χ2v) is 6.15. The maximum atomic E-state index is 11.7. The maximum absolute atomic E-state index is 11.7. The number of carbonyl (C=O) groups excluding carboxylic acids is 1. The number of hydrogen-bond acceptors (Lipinski definition) is 6. The number of nitrogens with zero attached hydrogens (tertiary/aromatic N) is 2. The highest BCUT2D eigenvalue weighted by Crippen LogP contribution is 2.31. The van der Waals surface area contributed by atoms with E-state index in [1.165, 1.54) is 35.8 Å². The summed E-state index contributed by atoms with van der Waals surface area (Å²) in [5.41, 5.74) is 2.82. The molecule has 25 heavy (non-hydrogen) atoms. The molecule has 126 valence electrons. The minimum absolute atomic E-state index is 0.0987. The van der Waals surface area contributed by atoms with Crippen molar-refractivity contribution in [2.75, 3.05) is 0 Å². The van der Waals surface area contributed by atoms with E-state index in [0.29, 0.717) is 22.0 Å². The average Bonchev–Trinajstić information content (AvgIpc) is 3.26. The number of thiophene rings is 1. The fourth-order valence-corrected chi connectivity index (χ4v) is 2.88. The number of hydrazone groups is 1. The van der Waals surface area contributed by atoms with E-state index in [4.69, 9.17) is 16.0 Å². The lowest BCUT2D eigenvalue weighted by Crippen LogP contribution is -2.15. The molecule has 0 saturated carbocycles. The van der Waals surface area contributed by atoms with Crippen LogP contribution in [0.15, 0.2) is 57.4 Å². The van der Waals surface area contributed by atoms with Crippen LogP contribution in [0.5, 0.6) is 0 Å². The van der Waals surface area contributed by atoms with Crippen molar-refractivity contribution in [1.82, 2.24) is 5.43 Å². The Morgan fingerprint density at radius 3 is 2.84 bits per heavy atom. The fourth-order valence-electron chi connectivity index (χ4n) is 2.00. The van der Waals surface area contributed by atoms with E-state index in [-0.39, 0.29) is 16.6 Å². The molecule has 9 heteroatoms. The van der Waals surface area contributed by atoms with Crippen molar-refractivity contribution in [3.05, 3.63) is 73.6 Å². The molecule has 0 aliphatic rings. The molecule has 0 spiro atoms. The van der Waals surface area contributed by atoms with E-state index in [9.17, 15) is 14.9 Å². The van der Waals surface area contributed by atoms with Gasteiger partial charge in [-0.15, -0.1) is 11.3 Å². The topological polar surface area (TPSA) is 97.7 Å². The second kappa shape index (κ2) is 7.29. The van der Waals surface area contributed by atoms with Crippen LogP contribution in [0.25, 0.3) is 11.3 Å². The first-order chi connectivity index (χ1) is 12.0. The van der Waals surface area contributed by atoms with Crippen molar-refractivity contribution in [2.24, 2.45) is 5.10 Å². The smallest absolute Gasteiger partial charge is 0.281 e. The summed E-state index contributed by atoms with van der Waals surface area (Å²) in [5.74, 6) is 0.526. The van der Waals surface area contributed by atoms with Crippen molar-refractivity contribution in [2.45, 2.75) is 0 Å². The Labute approximate surface area is 150 Å². The number of halogens is 1. The minimum Gasteiger partial charge on any atom is -0.455 e. The first-order valence-electron chi connectivity index (χ1n) is 6.95. The predicted octanol–water partition coefficient (Wildman–Crippen LogP) is 4.33. The summed E-state index contributed by atoms with van der Waals surface area (Å²) in [6.45, 7) is 0. The van der Waals surface area contributed by atoms with Crippen LogP contribution >= 0.6 is 22.9 Å². The van der Waals surface area contributed by atoms with Gasteiger partial charge >= 0.3 is 0 Å². The summed E-state index contributed by atoms with van der Waals surface area (Å²) in [5, 5.41) is 16.6. The third-order valence-electron chi connectivity index (χ3n) is 3.16. The molecule has 1 amide bonds. The molecule has 0 atom stereocenters. The van der Waals surface area contributed by atoms with Gasteiger partial charge in [-0.2, -0.15) is 5.10 Å². The number of benzene rings is 1. The molecule has 0 aliphatic heterocycles. The van der Waals surface area contributed by atoms with Crippen LogP contribution in [-0.2, 0) is 0 Å².